The van der Waals surface area contributed by atoms with Gasteiger partial charge in [-0.3, -0.25) is 4.79 Å². The average Bonchev–Trinajstić information content (AvgIpc) is 2.87. The number of halogens is 3. The predicted molar refractivity (Wildman–Crippen MR) is 101 cm³/mol. The zero-order valence-corrected chi connectivity index (χ0v) is 17.4. The van der Waals surface area contributed by atoms with Crippen LogP contribution in [0.5, 0.6) is 5.75 Å². The Morgan fingerprint density at radius 3 is 2.58 bits per heavy atom. The van der Waals surface area contributed by atoms with E-state index in [9.17, 15) is 9.59 Å². The van der Waals surface area contributed by atoms with Crippen molar-refractivity contribution in [3.05, 3.63) is 41.9 Å². The standard InChI is InChI=1S/C15H12Br2ClNO4S/c1-7-3-10(11(22-2)5-9(7)18)19-13(20)6-23-15(21)12-4-8(16)14(17)24-12/h3-5H,6H2,1-2H3,(H,19,20). The van der Waals surface area contributed by atoms with Crippen LogP contribution in [0, 0.1) is 6.92 Å². The van der Waals surface area contributed by atoms with Crippen molar-refractivity contribution in [3.63, 3.8) is 0 Å². The third kappa shape index (κ3) is 4.72. The summed E-state index contributed by atoms with van der Waals surface area (Å²) in [5.74, 6) is -0.616. The summed E-state index contributed by atoms with van der Waals surface area (Å²) in [7, 11) is 1.48. The van der Waals surface area contributed by atoms with E-state index in [-0.39, 0.29) is 0 Å². The van der Waals surface area contributed by atoms with E-state index in [0.717, 1.165) is 13.8 Å². The van der Waals surface area contributed by atoms with Gasteiger partial charge in [0.05, 0.1) is 16.6 Å². The van der Waals surface area contributed by atoms with Crippen LogP contribution in [-0.4, -0.2) is 25.6 Å². The van der Waals surface area contributed by atoms with Crippen LogP contribution in [0.25, 0.3) is 0 Å². The van der Waals surface area contributed by atoms with Gasteiger partial charge >= 0.3 is 5.97 Å². The minimum atomic E-state index is -0.569. The lowest BCUT2D eigenvalue weighted by Crippen LogP contribution is -2.21. The van der Waals surface area contributed by atoms with Gasteiger partial charge in [-0.1, -0.05) is 11.6 Å². The van der Waals surface area contributed by atoms with Gasteiger partial charge in [-0.2, -0.15) is 0 Å². The summed E-state index contributed by atoms with van der Waals surface area (Å²) in [6, 6.07) is 4.92. The van der Waals surface area contributed by atoms with Crippen LogP contribution >= 0.6 is 54.8 Å². The number of amides is 1. The molecule has 1 N–H and O–H groups in total. The van der Waals surface area contributed by atoms with Crippen molar-refractivity contribution in [1.29, 1.82) is 0 Å². The maximum absolute atomic E-state index is 12.0. The van der Waals surface area contributed by atoms with Gasteiger partial charge in [0.15, 0.2) is 6.61 Å². The molecule has 0 aliphatic rings. The quantitative estimate of drug-likeness (QED) is 0.588. The number of thiophene rings is 1. The molecule has 0 aliphatic heterocycles. The molecule has 0 unspecified atom stereocenters. The van der Waals surface area contributed by atoms with Crippen molar-refractivity contribution >= 4 is 72.4 Å². The Bertz CT molecular complexity index is 775. The minimum Gasteiger partial charge on any atom is -0.495 e. The summed E-state index contributed by atoms with van der Waals surface area (Å²) in [6.07, 6.45) is 0. The lowest BCUT2D eigenvalue weighted by Gasteiger charge is -2.12. The van der Waals surface area contributed by atoms with Gasteiger partial charge in [-0.05, 0) is 56.5 Å². The second kappa shape index (κ2) is 8.33. The van der Waals surface area contributed by atoms with E-state index in [1.54, 1.807) is 18.2 Å². The van der Waals surface area contributed by atoms with Gasteiger partial charge < -0.3 is 14.8 Å². The number of benzene rings is 1. The number of nitrogens with one attached hydrogen (secondary N) is 1. The van der Waals surface area contributed by atoms with Crippen LogP contribution < -0.4 is 10.1 Å². The molecule has 2 aromatic rings. The number of anilines is 1. The maximum Gasteiger partial charge on any atom is 0.348 e. The molecular weight excluding hydrogens is 485 g/mol. The van der Waals surface area contributed by atoms with E-state index in [1.165, 1.54) is 18.4 Å². The second-order valence-electron chi connectivity index (χ2n) is 4.66. The topological polar surface area (TPSA) is 64.6 Å². The smallest absolute Gasteiger partial charge is 0.348 e. The molecule has 5 nitrogen and oxygen atoms in total. The Morgan fingerprint density at radius 2 is 2.00 bits per heavy atom. The molecule has 0 spiro atoms. The molecule has 2 rings (SSSR count). The highest BCUT2D eigenvalue weighted by atomic mass is 79.9. The van der Waals surface area contributed by atoms with E-state index in [0.29, 0.717) is 21.3 Å². The highest BCUT2D eigenvalue weighted by Gasteiger charge is 2.16. The van der Waals surface area contributed by atoms with Crippen LogP contribution in [0.3, 0.4) is 0 Å². The van der Waals surface area contributed by atoms with E-state index in [2.05, 4.69) is 37.2 Å². The molecule has 0 bridgehead atoms. The molecule has 1 aromatic heterocycles. The molecule has 1 aromatic carbocycles. The molecule has 24 heavy (non-hydrogen) atoms. The van der Waals surface area contributed by atoms with Crippen molar-refractivity contribution in [2.24, 2.45) is 0 Å². The molecule has 0 aliphatic carbocycles. The molecule has 0 fully saturated rings. The van der Waals surface area contributed by atoms with E-state index in [4.69, 9.17) is 21.1 Å². The third-order valence-corrected chi connectivity index (χ3v) is 6.58. The molecule has 1 heterocycles. The third-order valence-electron chi connectivity index (χ3n) is 2.94. The summed E-state index contributed by atoms with van der Waals surface area (Å²) < 4.78 is 11.7. The Hall–Kier alpha value is -1.09. The molecular formula is C15H12Br2ClNO4S. The summed E-state index contributed by atoms with van der Waals surface area (Å²) >= 11 is 13.8. The fraction of sp³-hybridized carbons (Fsp3) is 0.200. The second-order valence-corrected chi connectivity index (χ2v) is 8.29. The predicted octanol–water partition coefficient (Wildman–Crippen LogP) is 5.04. The van der Waals surface area contributed by atoms with E-state index in [1.807, 2.05) is 6.92 Å². The highest BCUT2D eigenvalue weighted by Crippen LogP contribution is 2.33. The molecule has 1 amide bonds. The Kier molecular flexibility index (Phi) is 6.68. The van der Waals surface area contributed by atoms with Crippen molar-refractivity contribution in [2.45, 2.75) is 6.92 Å². The zero-order chi connectivity index (χ0) is 17.9. The van der Waals surface area contributed by atoms with Crippen LogP contribution in [0.15, 0.2) is 26.5 Å². The SMILES string of the molecule is COc1cc(Cl)c(C)cc1NC(=O)COC(=O)c1cc(Br)c(Br)s1. The molecule has 0 saturated carbocycles. The minimum absolute atomic E-state index is 0.390. The lowest BCUT2D eigenvalue weighted by atomic mass is 10.2. The fourth-order valence-electron chi connectivity index (χ4n) is 1.77. The number of hydrogen-bond acceptors (Lipinski definition) is 5. The molecule has 0 radical (unpaired) electrons. The van der Waals surface area contributed by atoms with Crippen LogP contribution in [-0.2, 0) is 9.53 Å². The normalized spacial score (nSPS) is 10.4. The monoisotopic (exact) mass is 495 g/mol. The van der Waals surface area contributed by atoms with Crippen LogP contribution in [0.1, 0.15) is 15.2 Å². The van der Waals surface area contributed by atoms with E-state index >= 15 is 0 Å². The van der Waals surface area contributed by atoms with E-state index < -0.39 is 18.5 Å². The molecule has 9 heteroatoms. The first kappa shape index (κ1) is 19.2. The van der Waals surface area contributed by atoms with Crippen molar-refractivity contribution in [3.8, 4) is 5.75 Å². The summed E-state index contributed by atoms with van der Waals surface area (Å²) in [6.45, 7) is 1.40. The van der Waals surface area contributed by atoms with Gasteiger partial charge in [-0.25, -0.2) is 4.79 Å². The molecule has 128 valence electrons. The number of methoxy groups -OCH3 is 1. The first-order chi connectivity index (χ1) is 11.3. The summed E-state index contributed by atoms with van der Waals surface area (Å²) in [5, 5.41) is 3.17. The van der Waals surface area contributed by atoms with Crippen molar-refractivity contribution in [2.75, 3.05) is 19.0 Å². The number of esters is 1. The van der Waals surface area contributed by atoms with Gasteiger partial charge in [0, 0.05) is 15.6 Å². The first-order valence-corrected chi connectivity index (χ1v) is 9.35. The number of carbonyl (C=O) groups is 2. The number of rotatable bonds is 5. The highest BCUT2D eigenvalue weighted by molar-refractivity contribution is 9.13. The maximum atomic E-state index is 12.0. The van der Waals surface area contributed by atoms with Gasteiger partial charge in [0.1, 0.15) is 10.6 Å². The average molecular weight is 498 g/mol. The summed E-state index contributed by atoms with van der Waals surface area (Å²) in [4.78, 5) is 24.3. The zero-order valence-electron chi connectivity index (χ0n) is 12.6. The lowest BCUT2D eigenvalue weighted by molar-refractivity contribution is -0.119. The number of hydrogen-bond donors (Lipinski definition) is 1. The number of ether oxygens (including phenoxy) is 2. The van der Waals surface area contributed by atoms with Gasteiger partial charge in [-0.15, -0.1) is 11.3 Å². The number of aryl methyl sites for hydroxylation is 1. The van der Waals surface area contributed by atoms with Gasteiger partial charge in [0.25, 0.3) is 5.91 Å². The first-order valence-electron chi connectivity index (χ1n) is 6.57. The van der Waals surface area contributed by atoms with Gasteiger partial charge in [0.2, 0.25) is 0 Å². The Labute approximate surface area is 164 Å². The fourth-order valence-corrected chi connectivity index (χ4v) is 3.85. The largest absolute Gasteiger partial charge is 0.495 e. The van der Waals surface area contributed by atoms with Crippen molar-refractivity contribution < 1.29 is 19.1 Å². The summed E-state index contributed by atoms with van der Waals surface area (Å²) in [5.41, 5.74) is 1.25. The molecule has 0 atom stereocenters. The van der Waals surface area contributed by atoms with Crippen LogP contribution in [0.2, 0.25) is 5.02 Å². The Morgan fingerprint density at radius 1 is 1.29 bits per heavy atom. The Balaban J connectivity index is 1.98. The molecule has 0 saturated heterocycles. The number of carbonyl (C=O) groups excluding carboxylic acids is 2. The van der Waals surface area contributed by atoms with Crippen LogP contribution in [0.4, 0.5) is 5.69 Å². The van der Waals surface area contributed by atoms with Crippen molar-refractivity contribution in [1.82, 2.24) is 0 Å².